The number of nitrogen functional groups attached to an aromatic ring is 1. The minimum atomic E-state index is -0.674. The maximum Gasteiger partial charge on any atom is 0.242 e. The fraction of sp³-hybridized carbons (Fsp3) is 0.348. The number of nitriles is 1. The van der Waals surface area contributed by atoms with Crippen LogP contribution in [0.2, 0.25) is 0 Å². The van der Waals surface area contributed by atoms with E-state index in [-0.39, 0.29) is 18.3 Å². The average molecular weight is 450 g/mol. The first-order valence-electron chi connectivity index (χ1n) is 10.5. The summed E-state index contributed by atoms with van der Waals surface area (Å²) < 4.78 is 34.4. The van der Waals surface area contributed by atoms with Gasteiger partial charge in [-0.15, -0.1) is 5.10 Å². The van der Waals surface area contributed by atoms with Gasteiger partial charge in [0.15, 0.2) is 17.2 Å². The van der Waals surface area contributed by atoms with E-state index in [9.17, 15) is 9.65 Å². The van der Waals surface area contributed by atoms with Crippen molar-refractivity contribution in [3.8, 4) is 34.6 Å². The molecule has 170 valence electrons. The Morgan fingerprint density at radius 1 is 1.24 bits per heavy atom. The van der Waals surface area contributed by atoms with Gasteiger partial charge in [-0.05, 0) is 38.2 Å². The zero-order chi connectivity index (χ0) is 23.3. The molecule has 0 saturated carbocycles. The number of nitrogens with two attached hydrogens (primary N) is 1. The maximum absolute atomic E-state index is 14.2. The van der Waals surface area contributed by atoms with E-state index in [1.165, 1.54) is 16.8 Å². The number of aromatic nitrogens is 3. The number of likely N-dealkylation sites (tertiary alicyclic amines) is 1. The van der Waals surface area contributed by atoms with Gasteiger partial charge in [0.2, 0.25) is 5.88 Å². The Hall–Kier alpha value is -3.84. The minimum Gasteiger partial charge on any atom is -0.482 e. The molecule has 2 N–H and O–H groups in total. The molecule has 0 radical (unpaired) electrons. The largest absolute Gasteiger partial charge is 0.482 e. The van der Waals surface area contributed by atoms with E-state index in [1.54, 1.807) is 32.3 Å². The molecule has 0 aliphatic carbocycles. The van der Waals surface area contributed by atoms with Crippen molar-refractivity contribution in [2.24, 2.45) is 7.05 Å². The van der Waals surface area contributed by atoms with Crippen LogP contribution in [0.15, 0.2) is 30.5 Å². The van der Waals surface area contributed by atoms with Gasteiger partial charge in [-0.25, -0.2) is 9.37 Å². The zero-order valence-corrected chi connectivity index (χ0v) is 18.5. The molecule has 9 nitrogen and oxygen atoms in total. The Morgan fingerprint density at radius 2 is 2.03 bits per heavy atom. The molecule has 2 aromatic heterocycles. The molecule has 33 heavy (non-hydrogen) atoms. The molecular formula is C23H23FN6O3. The molecular weight excluding hydrogens is 427 g/mol. The van der Waals surface area contributed by atoms with Crippen LogP contribution in [0, 0.1) is 17.1 Å². The highest BCUT2D eigenvalue weighted by molar-refractivity contribution is 5.75. The van der Waals surface area contributed by atoms with E-state index in [1.807, 2.05) is 7.05 Å². The Labute approximate surface area is 190 Å². The number of fused-ring (bicyclic) bond motifs is 5. The number of benzene rings is 1. The number of halogens is 1. The number of aryl methyl sites for hydroxylation is 1. The molecule has 4 heterocycles. The van der Waals surface area contributed by atoms with Crippen LogP contribution >= 0.6 is 0 Å². The van der Waals surface area contributed by atoms with Crippen molar-refractivity contribution in [2.75, 3.05) is 32.5 Å². The fourth-order valence-electron chi connectivity index (χ4n) is 4.41. The summed E-state index contributed by atoms with van der Waals surface area (Å²) in [5.41, 5.74) is 7.33. The van der Waals surface area contributed by atoms with E-state index in [2.05, 4.69) is 21.1 Å². The summed E-state index contributed by atoms with van der Waals surface area (Å²) in [5, 5.41) is 14.2. The monoisotopic (exact) mass is 450 g/mol. The first-order valence-corrected chi connectivity index (χ1v) is 10.5. The first-order chi connectivity index (χ1) is 15.8. The molecule has 10 heteroatoms. The molecule has 3 aromatic rings. The van der Waals surface area contributed by atoms with Gasteiger partial charge in [0.1, 0.15) is 36.0 Å². The highest BCUT2D eigenvalue weighted by Gasteiger charge is 2.46. The lowest BCUT2D eigenvalue weighted by Gasteiger charge is -2.47. The van der Waals surface area contributed by atoms with Crippen molar-refractivity contribution in [1.82, 2.24) is 19.7 Å². The van der Waals surface area contributed by atoms with E-state index in [4.69, 9.17) is 19.9 Å². The summed E-state index contributed by atoms with van der Waals surface area (Å²) in [5.74, 6) is 0.855. The molecule has 2 bridgehead atoms. The highest BCUT2D eigenvalue weighted by Crippen LogP contribution is 2.40. The van der Waals surface area contributed by atoms with Crippen LogP contribution in [-0.4, -0.2) is 52.0 Å². The number of rotatable bonds is 0. The van der Waals surface area contributed by atoms with Gasteiger partial charge in [-0.3, -0.25) is 9.58 Å². The van der Waals surface area contributed by atoms with Gasteiger partial charge < -0.3 is 19.9 Å². The van der Waals surface area contributed by atoms with Gasteiger partial charge in [0.25, 0.3) is 0 Å². The van der Waals surface area contributed by atoms with Gasteiger partial charge >= 0.3 is 0 Å². The molecule has 0 amide bonds. The lowest BCUT2D eigenvalue weighted by molar-refractivity contribution is -0.0917. The molecule has 1 unspecified atom stereocenters. The number of anilines is 1. The van der Waals surface area contributed by atoms with Gasteiger partial charge in [-0.2, -0.15) is 5.26 Å². The van der Waals surface area contributed by atoms with Gasteiger partial charge in [-0.1, -0.05) is 0 Å². The van der Waals surface area contributed by atoms with Gasteiger partial charge in [0.05, 0.1) is 5.56 Å². The van der Waals surface area contributed by atoms with Crippen LogP contribution in [0.3, 0.4) is 0 Å². The Balaban J connectivity index is 1.68. The summed E-state index contributed by atoms with van der Waals surface area (Å²) in [6.07, 6.45) is 0.962. The average Bonchev–Trinajstić information content (AvgIpc) is 3.08. The predicted molar refractivity (Wildman–Crippen MR) is 117 cm³/mol. The third kappa shape index (κ3) is 3.60. The Morgan fingerprint density at radius 3 is 2.76 bits per heavy atom. The van der Waals surface area contributed by atoms with Gasteiger partial charge in [0, 0.05) is 37.5 Å². The number of hydrogen-bond acceptors (Lipinski definition) is 8. The summed E-state index contributed by atoms with van der Waals surface area (Å²) in [7, 11) is 3.66. The minimum absolute atomic E-state index is 0.168. The van der Waals surface area contributed by atoms with Crippen LogP contribution in [0.4, 0.5) is 10.2 Å². The normalized spacial score (nSPS) is 19.2. The van der Waals surface area contributed by atoms with Crippen LogP contribution < -0.4 is 19.9 Å². The molecule has 2 aliphatic heterocycles. The van der Waals surface area contributed by atoms with Crippen molar-refractivity contribution >= 4 is 5.82 Å². The Bertz CT molecular complexity index is 1280. The standard InChI is InChI=1S/C23H23FN6O3/c1-13-16-7-15(24)4-5-18(16)33-23(10-29(2)11-23)12-31-22-20(17(8-25)30(3)28-22)14-6-19(32-13)21(26)27-9-14/h4-7,9,13H,10-12H2,1-3H3,(H2,26,27). The number of nitrogens with zero attached hydrogens (tertiary/aromatic N) is 5. The van der Waals surface area contributed by atoms with E-state index < -0.39 is 17.5 Å². The number of likely N-dealkylation sites (N-methyl/N-ethyl adjacent to an activating group) is 1. The fourth-order valence-corrected chi connectivity index (χ4v) is 4.41. The predicted octanol–water partition coefficient (Wildman–Crippen LogP) is 2.67. The van der Waals surface area contributed by atoms with Crippen LogP contribution in [0.25, 0.3) is 11.1 Å². The lowest BCUT2D eigenvalue weighted by Crippen LogP contribution is -2.66. The molecule has 1 aromatic carbocycles. The maximum atomic E-state index is 14.2. The number of pyridine rings is 1. The lowest BCUT2D eigenvalue weighted by atomic mass is 9.95. The smallest absolute Gasteiger partial charge is 0.242 e. The molecule has 1 spiro atoms. The zero-order valence-electron chi connectivity index (χ0n) is 18.5. The molecule has 2 aliphatic rings. The second-order valence-electron chi connectivity index (χ2n) is 8.56. The summed E-state index contributed by atoms with van der Waals surface area (Å²) in [6, 6.07) is 8.22. The quantitative estimate of drug-likeness (QED) is 0.557. The molecule has 5 rings (SSSR count). The topological polar surface area (TPSA) is 111 Å². The second-order valence-corrected chi connectivity index (χ2v) is 8.56. The Kier molecular flexibility index (Phi) is 4.87. The number of ether oxygens (including phenoxy) is 3. The SMILES string of the molecule is CC1Oc2cc(cnc2N)-c2c(nn(C)c2C#N)OCC2(CN(C)C2)Oc2ccc(F)cc21. The third-order valence-electron chi connectivity index (χ3n) is 5.92. The van der Waals surface area contributed by atoms with Crippen LogP contribution in [0.1, 0.15) is 24.3 Å². The van der Waals surface area contributed by atoms with E-state index >= 15 is 0 Å². The first kappa shape index (κ1) is 21.0. The summed E-state index contributed by atoms with van der Waals surface area (Å²) in [4.78, 5) is 6.34. The van der Waals surface area contributed by atoms with E-state index in [0.29, 0.717) is 47.0 Å². The molecule has 1 atom stereocenters. The number of hydrogen-bond donors (Lipinski definition) is 1. The van der Waals surface area contributed by atoms with Crippen molar-refractivity contribution < 1.29 is 18.6 Å². The van der Waals surface area contributed by atoms with Crippen molar-refractivity contribution in [3.63, 3.8) is 0 Å². The summed E-state index contributed by atoms with van der Waals surface area (Å²) >= 11 is 0. The van der Waals surface area contributed by atoms with Crippen molar-refractivity contribution in [3.05, 3.63) is 47.5 Å². The third-order valence-corrected chi connectivity index (χ3v) is 5.92. The second kappa shape index (κ2) is 7.64. The van der Waals surface area contributed by atoms with Crippen LogP contribution in [0.5, 0.6) is 17.4 Å². The molecule has 1 fully saturated rings. The molecule has 1 saturated heterocycles. The van der Waals surface area contributed by atoms with Crippen LogP contribution in [-0.2, 0) is 7.05 Å². The highest BCUT2D eigenvalue weighted by atomic mass is 19.1. The van der Waals surface area contributed by atoms with Crippen molar-refractivity contribution in [1.29, 1.82) is 5.26 Å². The summed E-state index contributed by atoms with van der Waals surface area (Å²) in [6.45, 7) is 3.19. The van der Waals surface area contributed by atoms with Crippen molar-refractivity contribution in [2.45, 2.75) is 18.6 Å². The van der Waals surface area contributed by atoms with E-state index in [0.717, 1.165) is 0 Å².